The molecule has 0 aliphatic rings. The summed E-state index contributed by atoms with van der Waals surface area (Å²) in [5.41, 5.74) is 0. The van der Waals surface area contributed by atoms with Gasteiger partial charge in [0.1, 0.15) is 10.8 Å². The standard InChI is InChI=1S/C8H6F2O3S/c9-8(10,7(11)12)14(13)6-4-2-1-3-5-6/h1-5H,(H,11,12)/t14-/m0/s1. The average molecular weight is 220 g/mol. The van der Waals surface area contributed by atoms with Crippen molar-refractivity contribution in [2.24, 2.45) is 0 Å². The average Bonchev–Trinajstić information content (AvgIpc) is 2.17. The Balaban J connectivity index is 3.03. The zero-order valence-electron chi connectivity index (χ0n) is 6.81. The van der Waals surface area contributed by atoms with E-state index in [9.17, 15) is 17.8 Å². The highest BCUT2D eigenvalue weighted by Gasteiger charge is 2.46. The quantitative estimate of drug-likeness (QED) is 0.839. The van der Waals surface area contributed by atoms with E-state index in [0.29, 0.717) is 0 Å². The zero-order chi connectivity index (χ0) is 10.8. The Bertz CT molecular complexity index is 364. The van der Waals surface area contributed by atoms with E-state index in [4.69, 9.17) is 5.11 Å². The molecular formula is C8H6F2O3S. The molecule has 0 heterocycles. The third-order valence-corrected chi connectivity index (χ3v) is 2.78. The topological polar surface area (TPSA) is 54.4 Å². The van der Waals surface area contributed by atoms with Gasteiger partial charge in [-0.3, -0.25) is 0 Å². The highest BCUT2D eigenvalue weighted by Crippen LogP contribution is 2.24. The van der Waals surface area contributed by atoms with Gasteiger partial charge in [-0.1, -0.05) is 18.2 Å². The molecular weight excluding hydrogens is 214 g/mol. The second-order valence-corrected chi connectivity index (χ2v) is 3.93. The van der Waals surface area contributed by atoms with Gasteiger partial charge in [0.05, 0.1) is 0 Å². The summed E-state index contributed by atoms with van der Waals surface area (Å²) in [6, 6.07) is 6.75. The molecule has 1 aromatic rings. The zero-order valence-corrected chi connectivity index (χ0v) is 7.63. The van der Waals surface area contributed by atoms with Gasteiger partial charge >= 0.3 is 11.2 Å². The van der Waals surface area contributed by atoms with Crippen LogP contribution in [0.2, 0.25) is 0 Å². The van der Waals surface area contributed by atoms with Crippen LogP contribution in [0, 0.1) is 0 Å². The molecule has 0 saturated heterocycles. The second-order valence-electron chi connectivity index (χ2n) is 2.40. The lowest BCUT2D eigenvalue weighted by molar-refractivity contribution is -0.153. The number of benzene rings is 1. The Morgan fingerprint density at radius 1 is 1.29 bits per heavy atom. The normalized spacial score (nSPS) is 13.6. The van der Waals surface area contributed by atoms with E-state index in [0.717, 1.165) is 0 Å². The highest BCUT2D eigenvalue weighted by atomic mass is 32.2. The molecule has 14 heavy (non-hydrogen) atoms. The van der Waals surface area contributed by atoms with Gasteiger partial charge in [-0.05, 0) is 12.1 Å². The number of halogens is 2. The number of alkyl halides is 2. The summed E-state index contributed by atoms with van der Waals surface area (Å²) in [5, 5.41) is 3.88. The first-order chi connectivity index (χ1) is 6.46. The molecule has 0 radical (unpaired) electrons. The van der Waals surface area contributed by atoms with Crippen LogP contribution in [0.4, 0.5) is 8.78 Å². The molecule has 3 nitrogen and oxygen atoms in total. The summed E-state index contributed by atoms with van der Waals surface area (Å²) < 4.78 is 36.5. The summed E-state index contributed by atoms with van der Waals surface area (Å²) in [4.78, 5) is 9.88. The Labute approximate surface area is 80.8 Å². The SMILES string of the molecule is O=C(O)C(F)(F)[S@@](=O)c1ccccc1. The Morgan fingerprint density at radius 3 is 2.21 bits per heavy atom. The van der Waals surface area contributed by atoms with Crippen molar-refractivity contribution in [1.82, 2.24) is 0 Å². The molecule has 0 spiro atoms. The van der Waals surface area contributed by atoms with Gasteiger partial charge in [0.15, 0.2) is 0 Å². The van der Waals surface area contributed by atoms with E-state index in [1.54, 1.807) is 6.07 Å². The number of carboxylic acid groups (broad SMARTS) is 1. The van der Waals surface area contributed by atoms with Crippen LogP contribution in [0.3, 0.4) is 0 Å². The Kier molecular flexibility index (Phi) is 2.95. The lowest BCUT2D eigenvalue weighted by Gasteiger charge is -2.09. The molecule has 0 fully saturated rings. The van der Waals surface area contributed by atoms with Gasteiger partial charge in [-0.15, -0.1) is 0 Å². The number of carboxylic acids is 1. The summed E-state index contributed by atoms with van der Waals surface area (Å²) in [6.07, 6.45) is 0. The molecule has 0 amide bonds. The molecule has 1 rings (SSSR count). The third kappa shape index (κ3) is 1.95. The van der Waals surface area contributed by atoms with Crippen LogP contribution in [0.25, 0.3) is 0 Å². The molecule has 1 atom stereocenters. The lowest BCUT2D eigenvalue weighted by atomic mass is 10.4. The minimum Gasteiger partial charge on any atom is -0.476 e. The van der Waals surface area contributed by atoms with E-state index in [1.165, 1.54) is 24.3 Å². The largest absolute Gasteiger partial charge is 0.476 e. The van der Waals surface area contributed by atoms with Gasteiger partial charge < -0.3 is 5.11 Å². The van der Waals surface area contributed by atoms with Gasteiger partial charge in [-0.2, -0.15) is 8.78 Å². The van der Waals surface area contributed by atoms with E-state index < -0.39 is 22.0 Å². The fourth-order valence-electron chi connectivity index (χ4n) is 0.771. The lowest BCUT2D eigenvalue weighted by Crippen LogP contribution is -2.33. The van der Waals surface area contributed by atoms with Crippen LogP contribution in [-0.4, -0.2) is 20.5 Å². The number of rotatable bonds is 3. The minimum atomic E-state index is -4.25. The molecule has 76 valence electrons. The highest BCUT2D eigenvalue weighted by molar-refractivity contribution is 7.87. The molecule has 0 unspecified atom stereocenters. The van der Waals surface area contributed by atoms with Crippen molar-refractivity contribution in [2.45, 2.75) is 10.2 Å². The van der Waals surface area contributed by atoms with Crippen LogP contribution in [0.1, 0.15) is 0 Å². The van der Waals surface area contributed by atoms with Crippen molar-refractivity contribution in [3.05, 3.63) is 30.3 Å². The van der Waals surface area contributed by atoms with Crippen LogP contribution < -0.4 is 0 Å². The summed E-state index contributed by atoms with van der Waals surface area (Å²) >= 11 is 0. The second kappa shape index (κ2) is 3.83. The van der Waals surface area contributed by atoms with Gasteiger partial charge in [-0.25, -0.2) is 9.00 Å². The molecule has 1 aromatic carbocycles. The van der Waals surface area contributed by atoms with Crippen LogP contribution in [0.15, 0.2) is 35.2 Å². The van der Waals surface area contributed by atoms with Crippen LogP contribution >= 0.6 is 0 Å². The monoisotopic (exact) mass is 220 g/mol. The van der Waals surface area contributed by atoms with E-state index in [-0.39, 0.29) is 4.90 Å². The van der Waals surface area contributed by atoms with E-state index in [2.05, 4.69) is 0 Å². The number of carbonyl (C=O) groups is 1. The van der Waals surface area contributed by atoms with Gasteiger partial charge in [0.25, 0.3) is 0 Å². The smallest absolute Gasteiger partial charge is 0.419 e. The predicted octanol–water partition coefficient (Wildman–Crippen LogP) is 1.47. The predicted molar refractivity (Wildman–Crippen MR) is 45.4 cm³/mol. The number of hydrogen-bond acceptors (Lipinski definition) is 2. The van der Waals surface area contributed by atoms with Crippen molar-refractivity contribution in [2.75, 3.05) is 0 Å². The minimum absolute atomic E-state index is 0.208. The van der Waals surface area contributed by atoms with E-state index in [1.807, 2.05) is 0 Å². The fraction of sp³-hybridized carbons (Fsp3) is 0.125. The molecule has 0 aliphatic carbocycles. The molecule has 0 saturated carbocycles. The summed E-state index contributed by atoms with van der Waals surface area (Å²) in [5.74, 6) is -2.39. The van der Waals surface area contributed by atoms with Crippen LogP contribution in [-0.2, 0) is 15.6 Å². The Morgan fingerprint density at radius 2 is 1.79 bits per heavy atom. The summed E-state index contributed by atoms with van der Waals surface area (Å²) in [7, 11) is -2.86. The maximum absolute atomic E-state index is 12.7. The molecule has 1 N–H and O–H groups in total. The molecule has 0 aromatic heterocycles. The molecule has 0 aliphatic heterocycles. The van der Waals surface area contributed by atoms with Gasteiger partial charge in [0.2, 0.25) is 0 Å². The van der Waals surface area contributed by atoms with E-state index >= 15 is 0 Å². The Hall–Kier alpha value is -1.30. The van der Waals surface area contributed by atoms with Crippen molar-refractivity contribution >= 4 is 16.8 Å². The van der Waals surface area contributed by atoms with Gasteiger partial charge in [0, 0.05) is 4.90 Å². The molecule has 6 heteroatoms. The number of hydrogen-bond donors (Lipinski definition) is 1. The number of aliphatic carboxylic acids is 1. The first-order valence-electron chi connectivity index (χ1n) is 3.54. The van der Waals surface area contributed by atoms with Crippen molar-refractivity contribution in [3.63, 3.8) is 0 Å². The first kappa shape index (κ1) is 10.8. The van der Waals surface area contributed by atoms with Crippen LogP contribution in [0.5, 0.6) is 0 Å². The molecule has 0 bridgehead atoms. The van der Waals surface area contributed by atoms with Crippen molar-refractivity contribution in [1.29, 1.82) is 0 Å². The third-order valence-electron chi connectivity index (χ3n) is 1.44. The fourth-order valence-corrected chi connectivity index (χ4v) is 1.63. The maximum Gasteiger partial charge on any atom is 0.419 e. The summed E-state index contributed by atoms with van der Waals surface area (Å²) in [6.45, 7) is 0. The van der Waals surface area contributed by atoms with Crippen molar-refractivity contribution in [3.8, 4) is 0 Å². The first-order valence-corrected chi connectivity index (χ1v) is 4.69. The maximum atomic E-state index is 12.7. The van der Waals surface area contributed by atoms with Crippen molar-refractivity contribution < 1.29 is 22.9 Å².